The van der Waals surface area contributed by atoms with Crippen LogP contribution in [0.2, 0.25) is 5.02 Å². The quantitative estimate of drug-likeness (QED) is 0.387. The van der Waals surface area contributed by atoms with E-state index in [0.717, 1.165) is 8.61 Å². The zero-order valence-electron chi connectivity index (χ0n) is 20.6. The molecule has 4 rings (SSSR count). The predicted octanol–water partition coefficient (Wildman–Crippen LogP) is 2.74. The number of amides is 1. The van der Waals surface area contributed by atoms with Gasteiger partial charge in [0.2, 0.25) is 10.0 Å². The zero-order chi connectivity index (χ0) is 27.5. The van der Waals surface area contributed by atoms with Gasteiger partial charge >= 0.3 is 0 Å². The van der Waals surface area contributed by atoms with Gasteiger partial charge in [0.15, 0.2) is 6.10 Å². The summed E-state index contributed by atoms with van der Waals surface area (Å²) < 4.78 is 64.8. The molecule has 0 spiro atoms. The number of rotatable bonds is 9. The van der Waals surface area contributed by atoms with Gasteiger partial charge in [-0.1, -0.05) is 23.7 Å². The van der Waals surface area contributed by atoms with Crippen molar-refractivity contribution in [2.24, 2.45) is 0 Å². The van der Waals surface area contributed by atoms with Crippen molar-refractivity contribution < 1.29 is 31.1 Å². The molecule has 0 unspecified atom stereocenters. The first kappa shape index (κ1) is 27.7. The Labute approximate surface area is 226 Å². The molecule has 1 N–H and O–H groups in total. The molecule has 202 valence electrons. The first-order valence-corrected chi connectivity index (χ1v) is 14.7. The molecule has 3 aromatic carbocycles. The van der Waals surface area contributed by atoms with Gasteiger partial charge in [0, 0.05) is 19.1 Å². The number of anilines is 1. The third-order valence-corrected chi connectivity index (χ3v) is 9.58. The number of carbonyl (C=O) groups is 1. The van der Waals surface area contributed by atoms with E-state index >= 15 is 0 Å². The van der Waals surface area contributed by atoms with E-state index in [1.165, 1.54) is 62.6 Å². The van der Waals surface area contributed by atoms with Gasteiger partial charge in [0.25, 0.3) is 15.9 Å². The molecular weight excluding hydrogens is 554 g/mol. The van der Waals surface area contributed by atoms with E-state index < -0.39 is 32.1 Å². The summed E-state index contributed by atoms with van der Waals surface area (Å²) in [5, 5.41) is 3.10. The Morgan fingerprint density at radius 2 is 1.63 bits per heavy atom. The van der Waals surface area contributed by atoms with Crippen molar-refractivity contribution in [3.8, 4) is 11.5 Å². The fourth-order valence-corrected chi connectivity index (χ4v) is 6.18. The van der Waals surface area contributed by atoms with Crippen LogP contribution >= 0.6 is 11.6 Å². The molecular formula is C25H26ClN3O7S2. The Balaban J connectivity index is 1.39. The number of para-hydroxylation sites is 2. The van der Waals surface area contributed by atoms with Crippen molar-refractivity contribution in [2.75, 3.05) is 38.1 Å². The molecule has 1 atom stereocenters. The van der Waals surface area contributed by atoms with E-state index in [4.69, 9.17) is 21.1 Å². The van der Waals surface area contributed by atoms with Gasteiger partial charge in [-0.3, -0.25) is 9.10 Å². The van der Waals surface area contributed by atoms with Crippen LogP contribution in [0.15, 0.2) is 82.6 Å². The van der Waals surface area contributed by atoms with Gasteiger partial charge in [-0.2, -0.15) is 0 Å². The summed E-state index contributed by atoms with van der Waals surface area (Å²) in [4.78, 5) is 13.1. The number of hydrogen-bond acceptors (Lipinski definition) is 7. The number of halogens is 1. The standard InChI is InChI=1S/C25H26ClN3O7S2/c1-28(2)37(31,32)20-13-9-19(10-14-20)35-16-15-27-25(30)24-17-29(22-5-3-4-6-23(22)36-24)38(33,34)21-11-7-18(26)8-12-21/h3-14,24H,15-17H2,1-2H3,(H,27,30)/t24-/m1/s1. The lowest BCUT2D eigenvalue weighted by Gasteiger charge is -2.34. The smallest absolute Gasteiger partial charge is 0.264 e. The van der Waals surface area contributed by atoms with Crippen molar-refractivity contribution in [2.45, 2.75) is 15.9 Å². The first-order valence-electron chi connectivity index (χ1n) is 11.5. The maximum Gasteiger partial charge on any atom is 0.264 e. The minimum Gasteiger partial charge on any atom is -0.492 e. The van der Waals surface area contributed by atoms with E-state index in [1.54, 1.807) is 24.3 Å². The fourth-order valence-electron chi connectivity index (χ4n) is 3.68. The van der Waals surface area contributed by atoms with Crippen molar-refractivity contribution in [3.05, 3.63) is 77.8 Å². The molecule has 0 radical (unpaired) electrons. The van der Waals surface area contributed by atoms with Gasteiger partial charge < -0.3 is 14.8 Å². The average molecular weight is 580 g/mol. The van der Waals surface area contributed by atoms with Gasteiger partial charge in [0.1, 0.15) is 18.1 Å². The molecule has 1 aliphatic heterocycles. The van der Waals surface area contributed by atoms with Crippen LogP contribution in [0.5, 0.6) is 11.5 Å². The van der Waals surface area contributed by atoms with Crippen LogP contribution in [0, 0.1) is 0 Å². The molecule has 1 heterocycles. The minimum atomic E-state index is -4.00. The lowest BCUT2D eigenvalue weighted by molar-refractivity contribution is -0.127. The normalized spacial score (nSPS) is 15.5. The highest BCUT2D eigenvalue weighted by atomic mass is 35.5. The lowest BCUT2D eigenvalue weighted by Crippen LogP contribution is -2.51. The van der Waals surface area contributed by atoms with Crippen molar-refractivity contribution in [1.29, 1.82) is 0 Å². The topological polar surface area (TPSA) is 122 Å². The molecule has 0 aromatic heterocycles. The molecule has 10 nitrogen and oxygen atoms in total. The Hall–Kier alpha value is -3.32. The maximum atomic E-state index is 13.4. The van der Waals surface area contributed by atoms with Crippen LogP contribution in [0.25, 0.3) is 0 Å². The SMILES string of the molecule is CN(C)S(=O)(=O)c1ccc(OCCNC(=O)[C@H]2CN(S(=O)(=O)c3ccc(Cl)cc3)c3ccccc3O2)cc1. The summed E-state index contributed by atoms with van der Waals surface area (Å²) in [7, 11) is -4.64. The number of benzene rings is 3. The molecule has 38 heavy (non-hydrogen) atoms. The summed E-state index contributed by atoms with van der Waals surface area (Å²) >= 11 is 5.91. The van der Waals surface area contributed by atoms with Crippen LogP contribution in [-0.4, -0.2) is 66.9 Å². The summed E-state index contributed by atoms with van der Waals surface area (Å²) in [6, 6.07) is 18.3. The molecule has 3 aromatic rings. The predicted molar refractivity (Wildman–Crippen MR) is 143 cm³/mol. The third kappa shape index (κ3) is 5.88. The molecule has 13 heteroatoms. The monoisotopic (exact) mass is 579 g/mol. The van der Waals surface area contributed by atoms with Crippen LogP contribution in [-0.2, 0) is 24.8 Å². The summed E-state index contributed by atoms with van der Waals surface area (Å²) in [6.07, 6.45) is -1.09. The van der Waals surface area contributed by atoms with Crippen molar-refractivity contribution in [1.82, 2.24) is 9.62 Å². The van der Waals surface area contributed by atoms with E-state index in [0.29, 0.717) is 16.5 Å². The van der Waals surface area contributed by atoms with E-state index in [2.05, 4.69) is 5.32 Å². The zero-order valence-corrected chi connectivity index (χ0v) is 23.0. The molecule has 0 aliphatic carbocycles. The molecule has 0 saturated carbocycles. The number of nitrogens with zero attached hydrogens (tertiary/aromatic N) is 2. The first-order chi connectivity index (χ1) is 18.0. The van der Waals surface area contributed by atoms with Crippen molar-refractivity contribution in [3.63, 3.8) is 0 Å². The van der Waals surface area contributed by atoms with Crippen LogP contribution in [0.4, 0.5) is 5.69 Å². The Kier molecular flexibility index (Phi) is 8.16. The summed E-state index contributed by atoms with van der Waals surface area (Å²) in [5.41, 5.74) is 0.328. The molecule has 0 saturated heterocycles. The summed E-state index contributed by atoms with van der Waals surface area (Å²) in [5.74, 6) is 0.187. The third-order valence-electron chi connectivity index (χ3n) is 5.70. The number of carbonyl (C=O) groups excluding carboxylic acids is 1. The van der Waals surface area contributed by atoms with Crippen LogP contribution < -0.4 is 19.1 Å². The number of ether oxygens (including phenoxy) is 2. The van der Waals surface area contributed by atoms with Gasteiger partial charge in [-0.05, 0) is 60.7 Å². The van der Waals surface area contributed by atoms with Gasteiger partial charge in [-0.25, -0.2) is 21.1 Å². The van der Waals surface area contributed by atoms with E-state index in [1.807, 2.05) is 0 Å². The van der Waals surface area contributed by atoms with Crippen LogP contribution in [0.1, 0.15) is 0 Å². The highest BCUT2D eigenvalue weighted by Gasteiger charge is 2.37. The molecule has 0 bridgehead atoms. The van der Waals surface area contributed by atoms with Crippen molar-refractivity contribution >= 4 is 43.2 Å². The molecule has 0 fully saturated rings. The van der Waals surface area contributed by atoms with E-state index in [-0.39, 0.29) is 35.2 Å². The second-order valence-electron chi connectivity index (χ2n) is 8.46. The Bertz CT molecular complexity index is 1510. The second-order valence-corrected chi connectivity index (χ2v) is 12.9. The summed E-state index contributed by atoms with van der Waals surface area (Å²) in [6.45, 7) is -0.0138. The Morgan fingerprint density at radius 1 is 1.00 bits per heavy atom. The lowest BCUT2D eigenvalue weighted by atomic mass is 10.2. The largest absolute Gasteiger partial charge is 0.492 e. The van der Waals surface area contributed by atoms with E-state index in [9.17, 15) is 21.6 Å². The average Bonchev–Trinajstić information content (AvgIpc) is 2.90. The fraction of sp³-hybridized carbons (Fsp3) is 0.240. The highest BCUT2D eigenvalue weighted by molar-refractivity contribution is 7.92. The Morgan fingerprint density at radius 3 is 2.29 bits per heavy atom. The molecule has 1 aliphatic rings. The molecule has 1 amide bonds. The van der Waals surface area contributed by atoms with Crippen LogP contribution in [0.3, 0.4) is 0 Å². The van der Waals surface area contributed by atoms with Gasteiger partial charge in [-0.15, -0.1) is 0 Å². The minimum absolute atomic E-state index is 0.0376. The second kappa shape index (κ2) is 11.2. The highest BCUT2D eigenvalue weighted by Crippen LogP contribution is 2.37. The number of fused-ring (bicyclic) bond motifs is 1. The number of sulfonamides is 2. The van der Waals surface area contributed by atoms with Gasteiger partial charge in [0.05, 0.1) is 28.6 Å². The maximum absolute atomic E-state index is 13.4. The number of hydrogen-bond donors (Lipinski definition) is 1. The number of nitrogens with one attached hydrogen (secondary N) is 1.